The quantitative estimate of drug-likeness (QED) is 0.651. The number of fused-ring (bicyclic) bond motifs is 3. The van der Waals surface area contributed by atoms with Crippen LogP contribution >= 0.6 is 0 Å². The maximum absolute atomic E-state index is 13.7. The van der Waals surface area contributed by atoms with Gasteiger partial charge in [-0.15, -0.1) is 0 Å². The van der Waals surface area contributed by atoms with E-state index in [1.165, 1.54) is 11.0 Å². The summed E-state index contributed by atoms with van der Waals surface area (Å²) in [5.74, 6) is -0.571. The largest absolute Gasteiger partial charge is 0.357 e. The van der Waals surface area contributed by atoms with Crippen LogP contribution in [0.1, 0.15) is 41.8 Å². The molecule has 0 aliphatic carbocycles. The Morgan fingerprint density at radius 2 is 1.90 bits per heavy atom. The summed E-state index contributed by atoms with van der Waals surface area (Å²) in [7, 11) is 0. The fourth-order valence-corrected chi connectivity index (χ4v) is 5.08. The number of aromatic amines is 1. The van der Waals surface area contributed by atoms with Gasteiger partial charge in [-0.2, -0.15) is 0 Å². The third-order valence-corrected chi connectivity index (χ3v) is 6.55. The second-order valence-electron chi connectivity index (χ2n) is 8.45. The van der Waals surface area contributed by atoms with E-state index in [9.17, 15) is 14.0 Å². The maximum atomic E-state index is 13.7. The highest BCUT2D eigenvalue weighted by Crippen LogP contribution is 2.38. The molecule has 1 fully saturated rings. The van der Waals surface area contributed by atoms with E-state index in [0.29, 0.717) is 18.7 Å². The van der Waals surface area contributed by atoms with Gasteiger partial charge in [0.15, 0.2) is 0 Å². The number of amides is 2. The van der Waals surface area contributed by atoms with E-state index in [1.807, 2.05) is 39.0 Å². The van der Waals surface area contributed by atoms with Crippen molar-refractivity contribution in [2.75, 3.05) is 11.4 Å². The number of halogens is 1. The number of nitrogens with one attached hydrogen (secondary N) is 1. The smallest absolute Gasteiger partial charge is 0.251 e. The molecule has 1 saturated heterocycles. The molecule has 5 rings (SSSR count). The topological polar surface area (TPSA) is 56.4 Å². The van der Waals surface area contributed by atoms with E-state index in [4.69, 9.17) is 0 Å². The van der Waals surface area contributed by atoms with Gasteiger partial charge in [-0.3, -0.25) is 14.5 Å². The third-order valence-electron chi connectivity index (χ3n) is 6.55. The average molecular weight is 405 g/mol. The van der Waals surface area contributed by atoms with Gasteiger partial charge in [0, 0.05) is 29.2 Å². The van der Waals surface area contributed by atoms with Crippen molar-refractivity contribution in [3.8, 4) is 0 Å². The van der Waals surface area contributed by atoms with Crippen molar-refractivity contribution in [2.24, 2.45) is 0 Å². The van der Waals surface area contributed by atoms with Crippen LogP contribution in [0, 0.1) is 19.7 Å². The first-order valence-corrected chi connectivity index (χ1v) is 10.3. The van der Waals surface area contributed by atoms with Gasteiger partial charge >= 0.3 is 0 Å². The molecule has 3 heterocycles. The molecule has 5 nitrogen and oxygen atoms in total. The first-order valence-electron chi connectivity index (χ1n) is 10.3. The summed E-state index contributed by atoms with van der Waals surface area (Å²) < 4.78 is 13.7. The molecule has 154 valence electrons. The lowest BCUT2D eigenvalue weighted by molar-refractivity contribution is -0.123. The van der Waals surface area contributed by atoms with Gasteiger partial charge in [-0.25, -0.2) is 9.29 Å². The standard InChI is InChI=1S/C24H24FN3O2/c1-13-4-7-20(14(2)10-13)28-22(29)12-21(24(28)30)27-9-8-17-18-11-16(25)5-6-19(18)26-23(17)15(27)3/h4-7,10-11,15,21,26H,8-9,12H2,1-3H3. The second kappa shape index (κ2) is 6.77. The number of hydrogen-bond acceptors (Lipinski definition) is 3. The van der Waals surface area contributed by atoms with Crippen LogP contribution in [-0.2, 0) is 16.0 Å². The Morgan fingerprint density at radius 1 is 1.10 bits per heavy atom. The Hall–Kier alpha value is -2.99. The van der Waals surface area contributed by atoms with Crippen LogP contribution in [0.3, 0.4) is 0 Å². The van der Waals surface area contributed by atoms with Gasteiger partial charge in [0.05, 0.1) is 18.2 Å². The first kappa shape index (κ1) is 19.0. The predicted octanol–water partition coefficient (Wildman–Crippen LogP) is 4.18. The fraction of sp³-hybridized carbons (Fsp3) is 0.333. The van der Waals surface area contributed by atoms with Crippen LogP contribution in [0.4, 0.5) is 10.1 Å². The van der Waals surface area contributed by atoms with Crippen LogP contribution in [-0.4, -0.2) is 34.3 Å². The minimum Gasteiger partial charge on any atom is -0.357 e. The third kappa shape index (κ3) is 2.78. The molecule has 1 aromatic heterocycles. The Labute approximate surface area is 174 Å². The number of carbonyl (C=O) groups is 2. The SMILES string of the molecule is Cc1ccc(N2C(=O)CC(N3CCc4c([nH]c5ccc(F)cc45)C3C)C2=O)c(C)c1. The molecule has 2 aromatic carbocycles. The van der Waals surface area contributed by atoms with Gasteiger partial charge < -0.3 is 4.98 Å². The fourth-order valence-electron chi connectivity index (χ4n) is 5.08. The number of rotatable bonds is 2. The van der Waals surface area contributed by atoms with Crippen molar-refractivity contribution < 1.29 is 14.0 Å². The van der Waals surface area contributed by atoms with E-state index in [2.05, 4.69) is 9.88 Å². The number of H-pyrrole nitrogens is 1. The molecule has 2 aliphatic rings. The summed E-state index contributed by atoms with van der Waals surface area (Å²) in [5.41, 5.74) is 5.71. The van der Waals surface area contributed by atoms with Gasteiger partial charge in [-0.1, -0.05) is 17.7 Å². The Morgan fingerprint density at radius 3 is 2.67 bits per heavy atom. The summed E-state index contributed by atoms with van der Waals surface area (Å²) in [6.07, 6.45) is 0.894. The van der Waals surface area contributed by atoms with Crippen LogP contribution < -0.4 is 4.90 Å². The number of nitrogens with zero attached hydrogens (tertiary/aromatic N) is 2. The molecule has 6 heteroatoms. The minimum absolute atomic E-state index is 0.0648. The molecule has 0 bridgehead atoms. The van der Waals surface area contributed by atoms with Gasteiger partial charge in [0.1, 0.15) is 5.82 Å². The van der Waals surface area contributed by atoms with E-state index >= 15 is 0 Å². The first-order chi connectivity index (χ1) is 14.3. The highest BCUT2D eigenvalue weighted by Gasteiger charge is 2.46. The Bertz CT molecular complexity index is 1200. The number of anilines is 1. The number of imide groups is 1. The van der Waals surface area contributed by atoms with Crippen molar-refractivity contribution in [1.82, 2.24) is 9.88 Å². The van der Waals surface area contributed by atoms with E-state index in [0.717, 1.165) is 33.3 Å². The summed E-state index contributed by atoms with van der Waals surface area (Å²) in [6.45, 7) is 6.62. The zero-order valence-corrected chi connectivity index (χ0v) is 17.3. The minimum atomic E-state index is -0.482. The Kier molecular flexibility index (Phi) is 4.29. The summed E-state index contributed by atoms with van der Waals surface area (Å²) in [5, 5.41) is 0.905. The molecule has 0 radical (unpaired) electrons. The van der Waals surface area contributed by atoms with Gasteiger partial charge in [0.2, 0.25) is 5.91 Å². The molecule has 3 aromatic rings. The number of carbonyl (C=O) groups excluding carboxylic acids is 2. The van der Waals surface area contributed by atoms with Crippen LogP contribution in [0.15, 0.2) is 36.4 Å². The second-order valence-corrected chi connectivity index (χ2v) is 8.45. The van der Waals surface area contributed by atoms with Crippen LogP contribution in [0.2, 0.25) is 0 Å². The molecule has 2 amide bonds. The number of aromatic nitrogens is 1. The molecule has 1 N–H and O–H groups in total. The summed E-state index contributed by atoms with van der Waals surface area (Å²) in [4.78, 5) is 33.0. The zero-order chi connectivity index (χ0) is 21.2. The van der Waals surface area contributed by atoms with Crippen LogP contribution in [0.5, 0.6) is 0 Å². The number of benzene rings is 2. The van der Waals surface area contributed by atoms with E-state index in [-0.39, 0.29) is 30.1 Å². The molecule has 2 atom stereocenters. The van der Waals surface area contributed by atoms with Gasteiger partial charge in [-0.05, 0) is 62.6 Å². The Balaban J connectivity index is 1.47. The molecule has 0 saturated carbocycles. The number of hydrogen-bond donors (Lipinski definition) is 1. The molecular formula is C24H24FN3O2. The molecule has 0 spiro atoms. The monoisotopic (exact) mass is 405 g/mol. The predicted molar refractivity (Wildman–Crippen MR) is 114 cm³/mol. The number of aryl methyl sites for hydroxylation is 2. The van der Waals surface area contributed by atoms with Crippen molar-refractivity contribution in [3.05, 3.63) is 64.6 Å². The highest BCUT2D eigenvalue weighted by molar-refractivity contribution is 6.22. The van der Waals surface area contributed by atoms with E-state index < -0.39 is 6.04 Å². The van der Waals surface area contributed by atoms with Crippen LogP contribution in [0.25, 0.3) is 10.9 Å². The van der Waals surface area contributed by atoms with Crippen molar-refractivity contribution in [3.63, 3.8) is 0 Å². The molecule has 2 unspecified atom stereocenters. The van der Waals surface area contributed by atoms with Crippen molar-refractivity contribution >= 4 is 28.4 Å². The summed E-state index contributed by atoms with van der Waals surface area (Å²) >= 11 is 0. The van der Waals surface area contributed by atoms with Crippen molar-refractivity contribution in [2.45, 2.75) is 45.7 Å². The highest BCUT2D eigenvalue weighted by atomic mass is 19.1. The lowest BCUT2D eigenvalue weighted by Gasteiger charge is -2.36. The normalized spacial score (nSPS) is 22.2. The van der Waals surface area contributed by atoms with Crippen molar-refractivity contribution in [1.29, 1.82) is 0 Å². The van der Waals surface area contributed by atoms with Gasteiger partial charge in [0.25, 0.3) is 5.91 Å². The maximum Gasteiger partial charge on any atom is 0.251 e. The summed E-state index contributed by atoms with van der Waals surface area (Å²) in [6, 6.07) is 10.00. The molecule has 30 heavy (non-hydrogen) atoms. The lowest BCUT2D eigenvalue weighted by atomic mass is 9.96. The molecular weight excluding hydrogens is 381 g/mol. The molecule has 2 aliphatic heterocycles. The lowest BCUT2D eigenvalue weighted by Crippen LogP contribution is -2.46. The van der Waals surface area contributed by atoms with E-state index in [1.54, 1.807) is 12.1 Å². The zero-order valence-electron chi connectivity index (χ0n) is 17.3. The average Bonchev–Trinajstić information content (AvgIpc) is 3.20.